The van der Waals surface area contributed by atoms with Crippen LogP contribution < -0.4 is 5.73 Å². The van der Waals surface area contributed by atoms with Crippen LogP contribution in [0.3, 0.4) is 0 Å². The van der Waals surface area contributed by atoms with Crippen LogP contribution in [0.15, 0.2) is 48.7 Å². The first-order valence-electron chi connectivity index (χ1n) is 11.8. The Bertz CT molecular complexity index is 1440. The first-order chi connectivity index (χ1) is 17.0. The number of benzene rings is 2. The van der Waals surface area contributed by atoms with Crippen molar-refractivity contribution in [3.05, 3.63) is 59.8 Å². The van der Waals surface area contributed by atoms with Gasteiger partial charge < -0.3 is 15.5 Å². The molecule has 1 fully saturated rings. The van der Waals surface area contributed by atoms with Crippen LogP contribution in [0.2, 0.25) is 0 Å². The molecular weight excluding hydrogens is 502 g/mol. The second kappa shape index (κ2) is 10.7. The Labute approximate surface area is 211 Å². The molecule has 1 amide bonds. The molecule has 0 unspecified atom stereocenters. The van der Waals surface area contributed by atoms with Crippen LogP contribution >= 0.6 is 0 Å². The van der Waals surface area contributed by atoms with Gasteiger partial charge in [0.2, 0.25) is 10.0 Å². The van der Waals surface area contributed by atoms with Gasteiger partial charge in [0.1, 0.15) is 9.84 Å². The maximum atomic E-state index is 12.7. The van der Waals surface area contributed by atoms with Crippen molar-refractivity contribution in [1.82, 2.24) is 9.29 Å². The van der Waals surface area contributed by atoms with Gasteiger partial charge in [0, 0.05) is 30.9 Å². The molecule has 36 heavy (non-hydrogen) atoms. The third-order valence-electron chi connectivity index (χ3n) is 6.57. The number of sulfonamides is 1. The molecule has 3 aromatic rings. The number of rotatable bonds is 10. The van der Waals surface area contributed by atoms with Crippen LogP contribution in [0.1, 0.15) is 34.7 Å². The standard InChI is InChI=1S/C25H31N3O6S2/c1-35(30,31)13-11-34-12-14-36(32,33)28-9-7-19(8-10-28)23-17-27-24-21(23)15-20(16-22(24)25(26)29)18-5-3-2-4-6-18/h2-6,15-17,19,27H,7-14H2,1H3,(H2,26,29). The summed E-state index contributed by atoms with van der Waals surface area (Å²) in [4.78, 5) is 15.4. The van der Waals surface area contributed by atoms with E-state index in [1.54, 1.807) is 6.07 Å². The zero-order valence-electron chi connectivity index (χ0n) is 20.1. The number of sulfone groups is 1. The fraction of sp³-hybridized carbons (Fsp3) is 0.400. The first-order valence-corrected chi connectivity index (χ1v) is 15.5. The van der Waals surface area contributed by atoms with E-state index in [0.717, 1.165) is 28.3 Å². The zero-order valence-corrected chi connectivity index (χ0v) is 21.8. The fourth-order valence-corrected chi connectivity index (χ4v) is 6.41. The van der Waals surface area contributed by atoms with E-state index in [-0.39, 0.29) is 30.6 Å². The molecule has 2 heterocycles. The van der Waals surface area contributed by atoms with Crippen molar-refractivity contribution in [1.29, 1.82) is 0 Å². The largest absolute Gasteiger partial charge is 0.379 e. The molecular formula is C25H31N3O6S2. The minimum absolute atomic E-state index is 0.0186. The van der Waals surface area contributed by atoms with Crippen LogP contribution in [0, 0.1) is 0 Å². The number of aromatic amines is 1. The highest BCUT2D eigenvalue weighted by Crippen LogP contribution is 2.37. The Morgan fingerprint density at radius 3 is 2.33 bits per heavy atom. The zero-order chi connectivity index (χ0) is 25.9. The van der Waals surface area contributed by atoms with E-state index in [9.17, 15) is 21.6 Å². The second-order valence-corrected chi connectivity index (χ2v) is 13.5. The van der Waals surface area contributed by atoms with Gasteiger partial charge in [0.25, 0.3) is 5.91 Å². The van der Waals surface area contributed by atoms with Crippen molar-refractivity contribution in [3.8, 4) is 11.1 Å². The van der Waals surface area contributed by atoms with Crippen molar-refractivity contribution in [3.63, 3.8) is 0 Å². The molecule has 0 saturated carbocycles. The third-order valence-corrected chi connectivity index (χ3v) is 9.31. The van der Waals surface area contributed by atoms with Crippen LogP contribution in [0.4, 0.5) is 0 Å². The summed E-state index contributed by atoms with van der Waals surface area (Å²) in [5.74, 6) is -0.697. The number of nitrogens with two attached hydrogens (primary N) is 1. The van der Waals surface area contributed by atoms with Gasteiger partial charge in [-0.15, -0.1) is 0 Å². The molecule has 1 aromatic heterocycles. The summed E-state index contributed by atoms with van der Waals surface area (Å²) < 4.78 is 54.5. The van der Waals surface area contributed by atoms with Crippen LogP contribution in [-0.4, -0.2) is 76.1 Å². The van der Waals surface area contributed by atoms with Gasteiger partial charge in [-0.25, -0.2) is 21.1 Å². The molecule has 1 saturated heterocycles. The smallest absolute Gasteiger partial charge is 0.250 e. The number of H-pyrrole nitrogens is 1. The van der Waals surface area contributed by atoms with Gasteiger partial charge in [0.15, 0.2) is 0 Å². The normalized spacial score (nSPS) is 15.9. The van der Waals surface area contributed by atoms with Gasteiger partial charge in [-0.1, -0.05) is 30.3 Å². The van der Waals surface area contributed by atoms with Crippen molar-refractivity contribution in [2.45, 2.75) is 18.8 Å². The van der Waals surface area contributed by atoms with Gasteiger partial charge in [-0.05, 0) is 47.6 Å². The van der Waals surface area contributed by atoms with Gasteiger partial charge in [-0.2, -0.15) is 0 Å². The molecule has 0 atom stereocenters. The molecule has 2 aromatic carbocycles. The summed E-state index contributed by atoms with van der Waals surface area (Å²) in [6, 6.07) is 13.6. The van der Waals surface area contributed by atoms with E-state index >= 15 is 0 Å². The summed E-state index contributed by atoms with van der Waals surface area (Å²) in [5.41, 5.74) is 9.73. The Balaban J connectivity index is 1.47. The van der Waals surface area contributed by atoms with Crippen LogP contribution in [0.5, 0.6) is 0 Å². The van der Waals surface area contributed by atoms with Crippen molar-refractivity contribution in [2.24, 2.45) is 5.73 Å². The fourth-order valence-electron chi connectivity index (χ4n) is 4.63. The number of carbonyl (C=O) groups is 1. The minimum Gasteiger partial charge on any atom is -0.379 e. The summed E-state index contributed by atoms with van der Waals surface area (Å²) in [6.45, 7) is 0.696. The van der Waals surface area contributed by atoms with E-state index in [2.05, 4.69) is 11.1 Å². The second-order valence-electron chi connectivity index (χ2n) is 9.15. The number of ether oxygens (including phenoxy) is 1. The van der Waals surface area contributed by atoms with Crippen LogP contribution in [-0.2, 0) is 24.6 Å². The average Bonchev–Trinajstić information content (AvgIpc) is 3.27. The topological polar surface area (TPSA) is 140 Å². The van der Waals surface area contributed by atoms with Crippen molar-refractivity contribution >= 4 is 36.7 Å². The maximum absolute atomic E-state index is 12.7. The number of hydrogen-bond acceptors (Lipinski definition) is 6. The Kier molecular flexibility index (Phi) is 7.84. The molecule has 1 aliphatic heterocycles. The summed E-state index contributed by atoms with van der Waals surface area (Å²) >= 11 is 0. The van der Waals surface area contributed by atoms with Crippen molar-refractivity contribution in [2.75, 3.05) is 44.1 Å². The van der Waals surface area contributed by atoms with E-state index in [4.69, 9.17) is 10.5 Å². The number of amides is 1. The van der Waals surface area contributed by atoms with Gasteiger partial charge in [0.05, 0.1) is 35.8 Å². The Hall–Kier alpha value is -2.73. The number of fused-ring (bicyclic) bond motifs is 1. The maximum Gasteiger partial charge on any atom is 0.250 e. The number of primary amides is 1. The minimum atomic E-state index is -3.50. The van der Waals surface area contributed by atoms with E-state index in [1.807, 2.05) is 36.5 Å². The number of piperidine rings is 1. The molecule has 0 radical (unpaired) electrons. The number of carbonyl (C=O) groups excluding carboxylic acids is 1. The highest BCUT2D eigenvalue weighted by Gasteiger charge is 2.30. The van der Waals surface area contributed by atoms with Crippen LogP contribution in [0.25, 0.3) is 22.0 Å². The molecule has 4 rings (SSSR count). The highest BCUT2D eigenvalue weighted by atomic mass is 32.2. The summed E-state index contributed by atoms with van der Waals surface area (Å²) in [6.07, 6.45) is 4.30. The third kappa shape index (κ3) is 6.15. The monoisotopic (exact) mass is 533 g/mol. The SMILES string of the molecule is CS(=O)(=O)CCOCCS(=O)(=O)N1CCC(c2c[nH]c3c(C(N)=O)cc(-c4ccccc4)cc23)CC1. The lowest BCUT2D eigenvalue weighted by Crippen LogP contribution is -2.40. The lowest BCUT2D eigenvalue weighted by Gasteiger charge is -2.31. The summed E-state index contributed by atoms with van der Waals surface area (Å²) in [5, 5.41) is 0.922. The lowest BCUT2D eigenvalue weighted by atomic mass is 9.88. The van der Waals surface area contributed by atoms with E-state index in [0.29, 0.717) is 37.0 Å². The molecule has 9 nitrogen and oxygen atoms in total. The first kappa shape index (κ1) is 26.3. The lowest BCUT2D eigenvalue weighted by molar-refractivity contribution is 0.100. The number of hydrogen-bond donors (Lipinski definition) is 2. The number of nitrogens with zero attached hydrogens (tertiary/aromatic N) is 1. The van der Waals surface area contributed by atoms with Gasteiger partial charge >= 0.3 is 0 Å². The predicted molar refractivity (Wildman–Crippen MR) is 140 cm³/mol. The highest BCUT2D eigenvalue weighted by molar-refractivity contribution is 7.90. The molecule has 0 spiro atoms. The quantitative estimate of drug-likeness (QED) is 0.384. The van der Waals surface area contributed by atoms with E-state index in [1.165, 1.54) is 4.31 Å². The number of nitrogens with one attached hydrogen (secondary N) is 1. The summed E-state index contributed by atoms with van der Waals surface area (Å²) in [7, 11) is -6.65. The Morgan fingerprint density at radius 1 is 1.03 bits per heavy atom. The molecule has 3 N–H and O–H groups in total. The van der Waals surface area contributed by atoms with E-state index < -0.39 is 25.8 Å². The number of aromatic nitrogens is 1. The average molecular weight is 534 g/mol. The molecule has 1 aliphatic rings. The molecule has 11 heteroatoms. The molecule has 0 aliphatic carbocycles. The Morgan fingerprint density at radius 2 is 1.69 bits per heavy atom. The van der Waals surface area contributed by atoms with Crippen molar-refractivity contribution < 1.29 is 26.4 Å². The molecule has 194 valence electrons. The predicted octanol–water partition coefficient (Wildman–Crippen LogP) is 2.50. The van der Waals surface area contributed by atoms with Gasteiger partial charge in [-0.3, -0.25) is 4.79 Å². The molecule has 0 bridgehead atoms.